The molecule has 0 aromatic rings. The molecule has 33 heavy (non-hydrogen) atoms. The number of hydrogen-bond acceptors (Lipinski definition) is 2. The summed E-state index contributed by atoms with van der Waals surface area (Å²) in [5.41, 5.74) is 0. The second-order valence-corrected chi connectivity index (χ2v) is 10.4. The van der Waals surface area contributed by atoms with Crippen LogP contribution in [0.15, 0.2) is 0 Å². The molecule has 1 unspecified atom stereocenters. The lowest BCUT2D eigenvalue weighted by Crippen LogP contribution is -2.23. The number of hydrogen-bond donors (Lipinski definition) is 2. The summed E-state index contributed by atoms with van der Waals surface area (Å²) in [6.07, 6.45) is 31.5. The Balaban J connectivity index is 3.16. The predicted octanol–water partition coefficient (Wildman–Crippen LogP) is 9.26. The van der Waals surface area contributed by atoms with Gasteiger partial charge in [0.1, 0.15) is 0 Å². The molecule has 0 aliphatic heterocycles. The van der Waals surface area contributed by atoms with Crippen molar-refractivity contribution in [3.63, 3.8) is 0 Å². The number of carbonyl (C=O) groups is 1. The summed E-state index contributed by atoms with van der Waals surface area (Å²) >= 11 is 0. The van der Waals surface area contributed by atoms with Crippen molar-refractivity contribution in [2.45, 2.75) is 180 Å². The zero-order chi connectivity index (χ0) is 24.2. The average molecular weight is 468 g/mol. The van der Waals surface area contributed by atoms with Gasteiger partial charge < -0.3 is 10.4 Å². The van der Waals surface area contributed by atoms with Gasteiger partial charge in [0, 0.05) is 13.0 Å². The predicted molar refractivity (Wildman–Crippen MR) is 146 cm³/mol. The topological polar surface area (TPSA) is 49.3 Å². The molecule has 198 valence electrons. The van der Waals surface area contributed by atoms with Gasteiger partial charge in [-0.25, -0.2) is 0 Å². The van der Waals surface area contributed by atoms with E-state index in [1.54, 1.807) is 0 Å². The highest BCUT2D eigenvalue weighted by atomic mass is 16.3. The molecule has 0 spiro atoms. The summed E-state index contributed by atoms with van der Waals surface area (Å²) in [5, 5.41) is 12.6. The zero-order valence-corrected chi connectivity index (χ0v) is 22.8. The lowest BCUT2D eigenvalue weighted by molar-refractivity contribution is -0.121. The first kappa shape index (κ1) is 32.4. The lowest BCUT2D eigenvalue weighted by atomic mass is 10.0. The van der Waals surface area contributed by atoms with Gasteiger partial charge in [0.15, 0.2) is 0 Å². The Morgan fingerprint density at radius 1 is 0.576 bits per heavy atom. The van der Waals surface area contributed by atoms with Crippen LogP contribution >= 0.6 is 0 Å². The normalized spacial score (nSPS) is 12.2. The fourth-order valence-electron chi connectivity index (χ4n) is 4.57. The summed E-state index contributed by atoms with van der Waals surface area (Å²) in [6.45, 7) is 5.20. The van der Waals surface area contributed by atoms with Gasteiger partial charge >= 0.3 is 0 Å². The first-order chi connectivity index (χ1) is 16.2. The molecule has 0 fully saturated rings. The van der Waals surface area contributed by atoms with Crippen molar-refractivity contribution in [3.05, 3.63) is 0 Å². The molecular formula is C30H61NO2. The minimum absolute atomic E-state index is 0.0762. The Morgan fingerprint density at radius 3 is 1.42 bits per heavy atom. The van der Waals surface area contributed by atoms with Gasteiger partial charge in [-0.1, -0.05) is 142 Å². The van der Waals surface area contributed by atoms with Crippen LogP contribution in [-0.4, -0.2) is 23.7 Å². The highest BCUT2D eigenvalue weighted by molar-refractivity contribution is 5.75. The molecule has 0 aliphatic rings. The first-order valence-corrected chi connectivity index (χ1v) is 15.2. The molecule has 0 aromatic heterocycles. The molecule has 0 saturated carbocycles. The van der Waals surface area contributed by atoms with E-state index < -0.39 is 0 Å². The zero-order valence-electron chi connectivity index (χ0n) is 22.8. The van der Waals surface area contributed by atoms with Gasteiger partial charge in [0.05, 0.1) is 6.10 Å². The summed E-state index contributed by atoms with van der Waals surface area (Å²) in [5.74, 6) is 0.259. The van der Waals surface area contributed by atoms with Crippen molar-refractivity contribution < 1.29 is 9.90 Å². The number of rotatable bonds is 27. The largest absolute Gasteiger partial charge is 0.393 e. The van der Waals surface area contributed by atoms with Crippen LogP contribution in [0, 0.1) is 0 Å². The second kappa shape index (κ2) is 27.7. The monoisotopic (exact) mass is 467 g/mol. The maximum atomic E-state index is 11.9. The second-order valence-electron chi connectivity index (χ2n) is 10.4. The van der Waals surface area contributed by atoms with E-state index >= 15 is 0 Å². The molecule has 0 heterocycles. The number of aliphatic hydroxyl groups is 1. The van der Waals surface area contributed by atoms with Crippen LogP contribution < -0.4 is 5.32 Å². The van der Waals surface area contributed by atoms with Crippen molar-refractivity contribution in [2.75, 3.05) is 6.54 Å². The lowest BCUT2D eigenvalue weighted by Gasteiger charge is -2.07. The van der Waals surface area contributed by atoms with Crippen LogP contribution in [0.4, 0.5) is 0 Å². The minimum atomic E-state index is -0.0762. The number of carbonyl (C=O) groups excluding carboxylic acids is 1. The molecule has 3 nitrogen and oxygen atoms in total. The molecule has 1 atom stereocenters. The van der Waals surface area contributed by atoms with Gasteiger partial charge in [-0.3, -0.25) is 4.79 Å². The van der Waals surface area contributed by atoms with E-state index in [1.165, 1.54) is 128 Å². The van der Waals surface area contributed by atoms with Crippen molar-refractivity contribution >= 4 is 5.91 Å². The smallest absolute Gasteiger partial charge is 0.219 e. The average Bonchev–Trinajstić information content (AvgIpc) is 2.82. The van der Waals surface area contributed by atoms with E-state index in [4.69, 9.17) is 0 Å². The van der Waals surface area contributed by atoms with Crippen molar-refractivity contribution in [2.24, 2.45) is 0 Å². The highest BCUT2D eigenvalue weighted by Gasteiger charge is 2.01. The van der Waals surface area contributed by atoms with Gasteiger partial charge in [0.25, 0.3) is 0 Å². The van der Waals surface area contributed by atoms with E-state index in [2.05, 4.69) is 19.2 Å². The van der Waals surface area contributed by atoms with E-state index in [9.17, 15) is 9.90 Å². The Bertz CT molecular complexity index is 385. The molecule has 0 radical (unpaired) electrons. The number of unbranched alkanes of at least 4 members (excludes halogenated alkanes) is 20. The molecule has 2 N–H and O–H groups in total. The molecule has 0 aliphatic carbocycles. The molecule has 0 aromatic carbocycles. The van der Waals surface area contributed by atoms with Gasteiger partial charge in [-0.05, 0) is 25.7 Å². The van der Waals surface area contributed by atoms with Crippen LogP contribution in [0.2, 0.25) is 0 Å². The van der Waals surface area contributed by atoms with Crippen LogP contribution in [0.3, 0.4) is 0 Å². The Labute approximate surface area is 208 Å². The fraction of sp³-hybridized carbons (Fsp3) is 0.967. The third kappa shape index (κ3) is 27.6. The third-order valence-electron chi connectivity index (χ3n) is 7.01. The van der Waals surface area contributed by atoms with Crippen molar-refractivity contribution in [3.8, 4) is 0 Å². The standard InChI is InChI=1S/C30H61NO2/c1-3-5-6-7-8-9-11-15-18-21-24-27-30(33)31-28-25-22-19-16-13-10-12-14-17-20-23-26-29(32)4-2/h29,32H,3-28H2,1-2H3,(H,31,33). The number of aliphatic hydroxyl groups excluding tert-OH is 1. The molecule has 1 amide bonds. The van der Waals surface area contributed by atoms with Gasteiger partial charge in [-0.2, -0.15) is 0 Å². The minimum Gasteiger partial charge on any atom is -0.393 e. The van der Waals surface area contributed by atoms with E-state index in [1.807, 2.05) is 0 Å². The van der Waals surface area contributed by atoms with Gasteiger partial charge in [-0.15, -0.1) is 0 Å². The quantitative estimate of drug-likeness (QED) is 0.118. The van der Waals surface area contributed by atoms with E-state index in [0.717, 1.165) is 38.6 Å². The number of nitrogens with one attached hydrogen (secondary N) is 1. The Morgan fingerprint density at radius 2 is 0.970 bits per heavy atom. The molecule has 0 rings (SSSR count). The summed E-state index contributed by atoms with van der Waals surface area (Å²) in [4.78, 5) is 11.9. The molecule has 0 bridgehead atoms. The molecular weight excluding hydrogens is 406 g/mol. The molecule has 3 heteroatoms. The molecule has 0 saturated heterocycles. The van der Waals surface area contributed by atoms with E-state index in [-0.39, 0.29) is 12.0 Å². The SMILES string of the molecule is CCCCCCCCCCCCCC(=O)NCCCCCCCCCCCCCC(O)CC. The van der Waals surface area contributed by atoms with Crippen molar-refractivity contribution in [1.82, 2.24) is 5.32 Å². The van der Waals surface area contributed by atoms with Gasteiger partial charge in [0.2, 0.25) is 5.91 Å². The summed E-state index contributed by atoms with van der Waals surface area (Å²) in [6, 6.07) is 0. The van der Waals surface area contributed by atoms with Crippen molar-refractivity contribution in [1.29, 1.82) is 0 Å². The summed E-state index contributed by atoms with van der Waals surface area (Å²) < 4.78 is 0. The maximum Gasteiger partial charge on any atom is 0.219 e. The Kier molecular flexibility index (Phi) is 27.2. The summed E-state index contributed by atoms with van der Waals surface area (Å²) in [7, 11) is 0. The highest BCUT2D eigenvalue weighted by Crippen LogP contribution is 2.14. The first-order valence-electron chi connectivity index (χ1n) is 15.2. The number of amides is 1. The Hall–Kier alpha value is -0.570. The maximum absolute atomic E-state index is 11.9. The van der Waals surface area contributed by atoms with E-state index in [0.29, 0.717) is 0 Å². The fourth-order valence-corrected chi connectivity index (χ4v) is 4.57. The van der Waals surface area contributed by atoms with Crippen LogP contribution in [0.25, 0.3) is 0 Å². The van der Waals surface area contributed by atoms with Crippen LogP contribution in [-0.2, 0) is 4.79 Å². The third-order valence-corrected chi connectivity index (χ3v) is 7.01. The van der Waals surface area contributed by atoms with Crippen LogP contribution in [0.1, 0.15) is 174 Å². The van der Waals surface area contributed by atoms with Crippen LogP contribution in [0.5, 0.6) is 0 Å².